The molecular weight excluding hydrogens is 663 g/mol. The van der Waals surface area contributed by atoms with E-state index in [9.17, 15) is 9.59 Å². The van der Waals surface area contributed by atoms with Crippen molar-refractivity contribution in [3.63, 3.8) is 0 Å². The van der Waals surface area contributed by atoms with Gasteiger partial charge in [0.05, 0.1) is 48.8 Å². The van der Waals surface area contributed by atoms with E-state index in [1.165, 1.54) is 15.9 Å². The maximum atomic E-state index is 14.1. The molecule has 0 fully saturated rings. The topological polar surface area (TPSA) is 97.6 Å². The van der Waals surface area contributed by atoms with Crippen molar-refractivity contribution in [1.82, 2.24) is 4.57 Å². The Balaban J connectivity index is 1.56. The Bertz CT molecular complexity index is 2020. The molecule has 5 rings (SSSR count). The summed E-state index contributed by atoms with van der Waals surface area (Å²) in [6.45, 7) is 8.50. The van der Waals surface area contributed by atoms with E-state index in [0.29, 0.717) is 72.4 Å². The summed E-state index contributed by atoms with van der Waals surface area (Å²) in [7, 11) is 1.54. The van der Waals surface area contributed by atoms with Gasteiger partial charge in [-0.25, -0.2) is 9.79 Å². The van der Waals surface area contributed by atoms with Gasteiger partial charge in [0.1, 0.15) is 6.61 Å². The van der Waals surface area contributed by atoms with Crippen LogP contribution in [-0.2, 0) is 16.1 Å². The Morgan fingerprint density at radius 3 is 2.34 bits per heavy atom. The van der Waals surface area contributed by atoms with Crippen molar-refractivity contribution in [2.75, 3.05) is 26.9 Å². The Kier molecular flexibility index (Phi) is 11.0. The molecule has 1 atom stereocenters. The molecular formula is C35H34Cl2N2O7S. The van der Waals surface area contributed by atoms with Crippen molar-refractivity contribution in [2.24, 2.45) is 4.99 Å². The van der Waals surface area contributed by atoms with Crippen LogP contribution in [0.4, 0.5) is 0 Å². The molecule has 1 aromatic heterocycles. The lowest BCUT2D eigenvalue weighted by atomic mass is 9.95. The van der Waals surface area contributed by atoms with Crippen LogP contribution in [0.5, 0.6) is 23.0 Å². The predicted molar refractivity (Wildman–Crippen MR) is 183 cm³/mol. The lowest BCUT2D eigenvalue weighted by Gasteiger charge is -2.25. The lowest BCUT2D eigenvalue weighted by Crippen LogP contribution is -2.40. The third-order valence-corrected chi connectivity index (χ3v) is 8.85. The van der Waals surface area contributed by atoms with Crippen molar-refractivity contribution < 1.29 is 28.5 Å². The zero-order valence-corrected chi connectivity index (χ0v) is 28.9. The number of aromatic nitrogens is 1. The molecule has 0 spiro atoms. The van der Waals surface area contributed by atoms with Gasteiger partial charge in [0, 0.05) is 15.6 Å². The second kappa shape index (κ2) is 15.1. The first kappa shape index (κ1) is 34.1. The molecule has 0 N–H and O–H groups in total. The van der Waals surface area contributed by atoms with Crippen molar-refractivity contribution in [3.8, 4) is 23.0 Å². The van der Waals surface area contributed by atoms with Crippen molar-refractivity contribution >= 4 is 46.6 Å². The Morgan fingerprint density at radius 2 is 1.64 bits per heavy atom. The fraction of sp³-hybridized carbons (Fsp3) is 0.286. The number of hydrogen-bond donors (Lipinski definition) is 0. The molecule has 3 aromatic carbocycles. The molecule has 0 amide bonds. The van der Waals surface area contributed by atoms with Crippen LogP contribution in [0.3, 0.4) is 0 Å². The van der Waals surface area contributed by atoms with Gasteiger partial charge in [-0.05, 0) is 81.3 Å². The van der Waals surface area contributed by atoms with E-state index >= 15 is 0 Å². The Labute approximate surface area is 286 Å². The number of carbonyl (C=O) groups excluding carboxylic acids is 1. The van der Waals surface area contributed by atoms with Crippen LogP contribution in [0.25, 0.3) is 6.08 Å². The number of ether oxygens (including phenoxy) is 5. The van der Waals surface area contributed by atoms with Gasteiger partial charge in [0.2, 0.25) is 0 Å². The van der Waals surface area contributed by atoms with Gasteiger partial charge < -0.3 is 23.7 Å². The summed E-state index contributed by atoms with van der Waals surface area (Å²) in [5.74, 6) is 1.53. The van der Waals surface area contributed by atoms with Gasteiger partial charge in [-0.3, -0.25) is 9.36 Å². The smallest absolute Gasteiger partial charge is 0.338 e. The van der Waals surface area contributed by atoms with Gasteiger partial charge in [0.25, 0.3) is 5.56 Å². The van der Waals surface area contributed by atoms with E-state index < -0.39 is 12.0 Å². The van der Waals surface area contributed by atoms with Gasteiger partial charge in [0.15, 0.2) is 27.8 Å². The highest BCUT2D eigenvalue weighted by molar-refractivity contribution is 7.07. The number of methoxy groups -OCH3 is 1. The number of allylic oxidation sites excluding steroid dienone is 1. The molecule has 0 saturated heterocycles. The van der Waals surface area contributed by atoms with Crippen LogP contribution >= 0.6 is 34.5 Å². The Hall–Kier alpha value is -4.25. The zero-order chi connectivity index (χ0) is 33.7. The van der Waals surface area contributed by atoms with Gasteiger partial charge in [-0.2, -0.15) is 0 Å². The third kappa shape index (κ3) is 7.35. The minimum Gasteiger partial charge on any atom is -0.493 e. The molecule has 0 bridgehead atoms. The van der Waals surface area contributed by atoms with Crippen LogP contribution in [0.15, 0.2) is 75.7 Å². The molecule has 4 aromatic rings. The fourth-order valence-corrected chi connectivity index (χ4v) is 6.69. The van der Waals surface area contributed by atoms with Gasteiger partial charge in [-0.15, -0.1) is 0 Å². The molecule has 0 aliphatic carbocycles. The highest BCUT2D eigenvalue weighted by atomic mass is 35.5. The summed E-state index contributed by atoms with van der Waals surface area (Å²) in [5.41, 5.74) is 2.58. The largest absolute Gasteiger partial charge is 0.493 e. The number of halogens is 2. The summed E-state index contributed by atoms with van der Waals surface area (Å²) in [4.78, 5) is 32.6. The van der Waals surface area contributed by atoms with E-state index in [2.05, 4.69) is 4.99 Å². The minimum atomic E-state index is -0.799. The molecule has 0 saturated carbocycles. The molecule has 1 aliphatic rings. The van der Waals surface area contributed by atoms with Crippen LogP contribution in [-0.4, -0.2) is 37.5 Å². The maximum Gasteiger partial charge on any atom is 0.338 e. The number of fused-ring (bicyclic) bond motifs is 1. The summed E-state index contributed by atoms with van der Waals surface area (Å²) in [6, 6.07) is 15.2. The van der Waals surface area contributed by atoms with Gasteiger partial charge in [-0.1, -0.05) is 52.7 Å². The first-order valence-corrected chi connectivity index (χ1v) is 16.6. The number of esters is 1. The first-order valence-electron chi connectivity index (χ1n) is 15.0. The monoisotopic (exact) mass is 696 g/mol. The normalized spacial score (nSPS) is 14.4. The van der Waals surface area contributed by atoms with E-state index in [1.54, 1.807) is 69.5 Å². The molecule has 12 heteroatoms. The summed E-state index contributed by atoms with van der Waals surface area (Å²) in [6.07, 6.45) is 1.76. The molecule has 1 aliphatic heterocycles. The number of benzene rings is 3. The number of nitrogens with zero attached hydrogens (tertiary/aromatic N) is 2. The summed E-state index contributed by atoms with van der Waals surface area (Å²) < 4.78 is 30.6. The highest BCUT2D eigenvalue weighted by Crippen LogP contribution is 2.36. The Morgan fingerprint density at radius 1 is 0.915 bits per heavy atom. The van der Waals surface area contributed by atoms with E-state index in [4.69, 9.17) is 46.9 Å². The third-order valence-electron chi connectivity index (χ3n) is 7.28. The number of thiazole rings is 1. The number of carbonyl (C=O) groups is 1. The average molecular weight is 698 g/mol. The SMILES string of the molecule is CCOC(=O)C1=C(C)N=c2s/c(=C\c3ccc(OCc4ccc(Cl)cc4Cl)c(OC)c3)c(=O)n2[C@@H]1c1ccc(OCC)c(OCC)c1. The predicted octanol–water partition coefficient (Wildman–Crippen LogP) is 6.49. The minimum absolute atomic E-state index is 0.175. The van der Waals surface area contributed by atoms with E-state index in [0.717, 1.165) is 5.56 Å². The highest BCUT2D eigenvalue weighted by Gasteiger charge is 2.34. The lowest BCUT2D eigenvalue weighted by molar-refractivity contribution is -0.139. The van der Waals surface area contributed by atoms with E-state index in [1.807, 2.05) is 26.0 Å². The number of hydrogen-bond acceptors (Lipinski definition) is 9. The zero-order valence-electron chi connectivity index (χ0n) is 26.6. The van der Waals surface area contributed by atoms with Crippen molar-refractivity contribution in [2.45, 2.75) is 40.3 Å². The van der Waals surface area contributed by atoms with Crippen LogP contribution in [0.2, 0.25) is 10.0 Å². The summed E-state index contributed by atoms with van der Waals surface area (Å²) >= 11 is 13.5. The molecule has 47 heavy (non-hydrogen) atoms. The number of rotatable bonds is 12. The van der Waals surface area contributed by atoms with Gasteiger partial charge >= 0.3 is 5.97 Å². The van der Waals surface area contributed by atoms with Crippen LogP contribution in [0.1, 0.15) is 50.4 Å². The second-order valence-corrected chi connectivity index (χ2v) is 12.2. The molecule has 0 unspecified atom stereocenters. The van der Waals surface area contributed by atoms with Crippen LogP contribution in [0, 0.1) is 0 Å². The average Bonchev–Trinajstić information content (AvgIpc) is 3.35. The first-order chi connectivity index (χ1) is 22.7. The quantitative estimate of drug-likeness (QED) is 0.156. The van der Waals surface area contributed by atoms with E-state index in [-0.39, 0.29) is 24.3 Å². The van der Waals surface area contributed by atoms with Crippen LogP contribution < -0.4 is 33.8 Å². The molecule has 2 heterocycles. The van der Waals surface area contributed by atoms with Crippen molar-refractivity contribution in [3.05, 3.63) is 112 Å². The summed E-state index contributed by atoms with van der Waals surface area (Å²) in [5, 5.41) is 1.04. The standard InChI is InChI=1S/C35H34Cl2N2O7S/c1-6-43-27-14-11-22(17-29(27)44-7-2)32-31(34(41)45-8-3)20(4)38-35-39(32)33(40)30(47-35)16-21-9-13-26(28(15-21)42-5)46-19-23-10-12-24(36)18-25(23)37/h9-18,32H,6-8,19H2,1-5H3/b30-16-/t32-/m1/s1. The fourth-order valence-electron chi connectivity index (χ4n) is 5.18. The second-order valence-electron chi connectivity index (χ2n) is 10.3. The molecule has 9 nitrogen and oxygen atoms in total. The van der Waals surface area contributed by atoms with Crippen molar-refractivity contribution in [1.29, 1.82) is 0 Å². The maximum absolute atomic E-state index is 14.1. The molecule has 0 radical (unpaired) electrons. The molecule has 246 valence electrons.